The first-order chi connectivity index (χ1) is 12.4. The summed E-state index contributed by atoms with van der Waals surface area (Å²) in [6.07, 6.45) is 0.0132. The van der Waals surface area contributed by atoms with Crippen LogP contribution < -0.4 is 10.0 Å². The Bertz CT molecular complexity index is 1050. The molecule has 0 spiro atoms. The number of nitrogens with one attached hydrogen (secondary N) is 2. The molecule has 0 heterocycles. The summed E-state index contributed by atoms with van der Waals surface area (Å²) in [5.41, 5.74) is 0.569. The molecule has 1 amide bonds. The van der Waals surface area contributed by atoms with Crippen LogP contribution in [0.2, 0.25) is 5.02 Å². The fraction of sp³-hybridized carbons (Fsp3) is 0.105. The fourth-order valence-corrected chi connectivity index (χ4v) is 3.76. The SMILES string of the molecule is O=C(CCNS(=O)(=O)c1ccc2ccccc2c1)Nc1cccc(Cl)c1. The van der Waals surface area contributed by atoms with Crippen LogP contribution in [0.4, 0.5) is 5.69 Å². The minimum atomic E-state index is -3.68. The van der Waals surface area contributed by atoms with Gasteiger partial charge in [-0.05, 0) is 41.1 Å². The van der Waals surface area contributed by atoms with E-state index in [-0.39, 0.29) is 23.8 Å². The predicted octanol–water partition coefficient (Wildman–Crippen LogP) is 3.80. The highest BCUT2D eigenvalue weighted by Crippen LogP contribution is 2.19. The van der Waals surface area contributed by atoms with Crippen LogP contribution in [0, 0.1) is 0 Å². The lowest BCUT2D eigenvalue weighted by atomic mass is 10.1. The zero-order valence-electron chi connectivity index (χ0n) is 13.8. The third-order valence-corrected chi connectivity index (χ3v) is 5.48. The molecular weight excluding hydrogens is 372 g/mol. The zero-order chi connectivity index (χ0) is 18.6. The van der Waals surface area contributed by atoms with Gasteiger partial charge in [-0.1, -0.05) is 48.0 Å². The summed E-state index contributed by atoms with van der Waals surface area (Å²) >= 11 is 5.86. The number of amides is 1. The number of hydrogen-bond acceptors (Lipinski definition) is 3. The molecule has 0 aliphatic heterocycles. The molecular formula is C19H17ClN2O3S. The quantitative estimate of drug-likeness (QED) is 0.674. The van der Waals surface area contributed by atoms with Gasteiger partial charge in [-0.15, -0.1) is 0 Å². The van der Waals surface area contributed by atoms with Gasteiger partial charge >= 0.3 is 0 Å². The summed E-state index contributed by atoms with van der Waals surface area (Å²) in [5.74, 6) is -0.298. The van der Waals surface area contributed by atoms with E-state index in [0.717, 1.165) is 10.8 Å². The van der Waals surface area contributed by atoms with Crippen LogP contribution in [0.15, 0.2) is 71.6 Å². The topological polar surface area (TPSA) is 75.3 Å². The number of halogens is 1. The number of carbonyl (C=O) groups excluding carboxylic acids is 1. The van der Waals surface area contributed by atoms with Crippen LogP contribution in [-0.2, 0) is 14.8 Å². The van der Waals surface area contributed by atoms with E-state index in [1.807, 2.05) is 24.3 Å². The summed E-state index contributed by atoms with van der Waals surface area (Å²) in [7, 11) is -3.68. The monoisotopic (exact) mass is 388 g/mol. The molecule has 2 N–H and O–H groups in total. The summed E-state index contributed by atoms with van der Waals surface area (Å²) in [4.78, 5) is 12.1. The van der Waals surface area contributed by atoms with E-state index in [0.29, 0.717) is 10.7 Å². The summed E-state index contributed by atoms with van der Waals surface area (Å²) < 4.78 is 27.3. The van der Waals surface area contributed by atoms with Crippen molar-refractivity contribution in [3.63, 3.8) is 0 Å². The Hall–Kier alpha value is -2.41. The Morgan fingerprint density at radius 2 is 1.69 bits per heavy atom. The van der Waals surface area contributed by atoms with Crippen molar-refractivity contribution < 1.29 is 13.2 Å². The number of sulfonamides is 1. The van der Waals surface area contributed by atoms with Gasteiger partial charge in [0.25, 0.3) is 0 Å². The van der Waals surface area contributed by atoms with Crippen molar-refractivity contribution in [3.8, 4) is 0 Å². The second-order valence-electron chi connectivity index (χ2n) is 5.72. The molecule has 3 aromatic rings. The van der Waals surface area contributed by atoms with E-state index in [2.05, 4.69) is 10.0 Å². The molecule has 7 heteroatoms. The Labute approximate surface area is 157 Å². The smallest absolute Gasteiger partial charge is 0.240 e. The number of fused-ring (bicyclic) bond motifs is 1. The first kappa shape index (κ1) is 18.4. The van der Waals surface area contributed by atoms with Gasteiger partial charge in [0.05, 0.1) is 4.90 Å². The van der Waals surface area contributed by atoms with E-state index in [1.165, 1.54) is 0 Å². The van der Waals surface area contributed by atoms with Crippen molar-refractivity contribution in [3.05, 3.63) is 71.8 Å². The Morgan fingerprint density at radius 1 is 0.923 bits per heavy atom. The van der Waals surface area contributed by atoms with Crippen LogP contribution in [-0.4, -0.2) is 20.9 Å². The molecule has 3 rings (SSSR count). The average Bonchev–Trinajstić information content (AvgIpc) is 2.61. The van der Waals surface area contributed by atoms with Gasteiger partial charge in [0.15, 0.2) is 0 Å². The highest BCUT2D eigenvalue weighted by Gasteiger charge is 2.14. The first-order valence-corrected chi connectivity index (χ1v) is 9.84. The van der Waals surface area contributed by atoms with Crippen LogP contribution in [0.3, 0.4) is 0 Å². The lowest BCUT2D eigenvalue weighted by molar-refractivity contribution is -0.116. The number of hydrogen-bond donors (Lipinski definition) is 2. The maximum atomic E-state index is 12.4. The molecule has 0 aliphatic rings. The Morgan fingerprint density at radius 3 is 2.46 bits per heavy atom. The normalized spacial score (nSPS) is 11.4. The minimum Gasteiger partial charge on any atom is -0.326 e. The van der Waals surface area contributed by atoms with Gasteiger partial charge in [0.1, 0.15) is 0 Å². The van der Waals surface area contributed by atoms with Crippen LogP contribution >= 0.6 is 11.6 Å². The number of rotatable bonds is 6. The Balaban J connectivity index is 1.59. The van der Waals surface area contributed by atoms with Gasteiger partial charge in [0.2, 0.25) is 15.9 Å². The number of benzene rings is 3. The lowest BCUT2D eigenvalue weighted by Crippen LogP contribution is -2.27. The van der Waals surface area contributed by atoms with E-state index < -0.39 is 10.0 Å². The molecule has 3 aromatic carbocycles. The zero-order valence-corrected chi connectivity index (χ0v) is 15.3. The van der Waals surface area contributed by atoms with Gasteiger partial charge in [-0.3, -0.25) is 4.79 Å². The first-order valence-electron chi connectivity index (χ1n) is 7.98. The van der Waals surface area contributed by atoms with Crippen LogP contribution in [0.25, 0.3) is 10.8 Å². The van der Waals surface area contributed by atoms with Crippen LogP contribution in [0.5, 0.6) is 0 Å². The fourth-order valence-electron chi connectivity index (χ4n) is 2.51. The van der Waals surface area contributed by atoms with E-state index in [1.54, 1.807) is 42.5 Å². The third kappa shape index (κ3) is 4.60. The lowest BCUT2D eigenvalue weighted by Gasteiger charge is -2.09. The molecule has 0 fully saturated rings. The molecule has 0 radical (unpaired) electrons. The second-order valence-corrected chi connectivity index (χ2v) is 7.92. The second kappa shape index (κ2) is 7.86. The maximum Gasteiger partial charge on any atom is 0.240 e. The number of carbonyl (C=O) groups is 1. The Kier molecular flexibility index (Phi) is 5.56. The molecule has 0 aromatic heterocycles. The van der Waals surface area contributed by atoms with Crippen molar-refractivity contribution in [2.45, 2.75) is 11.3 Å². The third-order valence-electron chi connectivity index (χ3n) is 3.78. The molecule has 5 nitrogen and oxygen atoms in total. The van der Waals surface area contributed by atoms with Gasteiger partial charge in [-0.2, -0.15) is 0 Å². The van der Waals surface area contributed by atoms with Gasteiger partial charge in [-0.25, -0.2) is 13.1 Å². The predicted molar refractivity (Wildman–Crippen MR) is 104 cm³/mol. The van der Waals surface area contributed by atoms with Gasteiger partial charge < -0.3 is 5.32 Å². The highest BCUT2D eigenvalue weighted by molar-refractivity contribution is 7.89. The molecule has 0 atom stereocenters. The standard InChI is InChI=1S/C19H17ClN2O3S/c20-16-6-3-7-17(13-16)22-19(23)10-11-21-26(24,25)18-9-8-14-4-1-2-5-15(14)12-18/h1-9,12-13,21H,10-11H2,(H,22,23). The van der Waals surface area contributed by atoms with E-state index >= 15 is 0 Å². The summed E-state index contributed by atoms with van der Waals surface area (Å²) in [5, 5.41) is 5.00. The summed E-state index contributed by atoms with van der Waals surface area (Å²) in [6.45, 7) is 0.00155. The van der Waals surface area contributed by atoms with Crippen molar-refractivity contribution in [2.75, 3.05) is 11.9 Å². The van der Waals surface area contributed by atoms with E-state index in [9.17, 15) is 13.2 Å². The average molecular weight is 389 g/mol. The molecule has 0 bridgehead atoms. The van der Waals surface area contributed by atoms with Gasteiger partial charge in [0, 0.05) is 23.7 Å². The minimum absolute atomic E-state index is 0.00155. The van der Waals surface area contributed by atoms with Crippen molar-refractivity contribution >= 4 is 44.0 Å². The van der Waals surface area contributed by atoms with E-state index in [4.69, 9.17) is 11.6 Å². The van der Waals surface area contributed by atoms with Crippen LogP contribution in [0.1, 0.15) is 6.42 Å². The largest absolute Gasteiger partial charge is 0.326 e. The molecule has 26 heavy (non-hydrogen) atoms. The maximum absolute atomic E-state index is 12.4. The van der Waals surface area contributed by atoms with Crippen molar-refractivity contribution in [1.29, 1.82) is 0 Å². The molecule has 0 saturated carbocycles. The summed E-state index contributed by atoms with van der Waals surface area (Å²) in [6, 6.07) is 19.2. The molecule has 0 saturated heterocycles. The molecule has 0 aliphatic carbocycles. The van der Waals surface area contributed by atoms with Crippen molar-refractivity contribution in [2.24, 2.45) is 0 Å². The highest BCUT2D eigenvalue weighted by atomic mass is 35.5. The molecule has 0 unspecified atom stereocenters. The molecule has 134 valence electrons. The number of anilines is 1. The van der Waals surface area contributed by atoms with Crippen molar-refractivity contribution in [1.82, 2.24) is 4.72 Å².